The van der Waals surface area contributed by atoms with Crippen LogP contribution in [0.3, 0.4) is 0 Å². The van der Waals surface area contributed by atoms with Crippen molar-refractivity contribution in [1.82, 2.24) is 0 Å². The van der Waals surface area contributed by atoms with Crippen LogP contribution in [0.5, 0.6) is 0 Å². The topological polar surface area (TPSA) is 26.0 Å². The molecule has 0 aromatic heterocycles. The predicted molar refractivity (Wildman–Crippen MR) is 51.3 cm³/mol. The Morgan fingerprint density at radius 3 is 2.55 bits per heavy atom. The monoisotopic (exact) mass is 153 g/mol. The zero-order valence-electron chi connectivity index (χ0n) is 7.59. The summed E-state index contributed by atoms with van der Waals surface area (Å²) in [7, 11) is 0. The van der Waals surface area contributed by atoms with Crippen LogP contribution in [-0.4, -0.2) is 6.54 Å². The summed E-state index contributed by atoms with van der Waals surface area (Å²) in [5.74, 6) is 1.28. The fraction of sp³-hybridized carbons (Fsp3) is 0.600. The molecule has 1 nitrogen and oxygen atoms in total. The van der Waals surface area contributed by atoms with Gasteiger partial charge in [0.15, 0.2) is 0 Å². The Bertz CT molecular complexity index is 127. The summed E-state index contributed by atoms with van der Waals surface area (Å²) in [5, 5.41) is 0. The molecule has 0 amide bonds. The molecule has 2 atom stereocenters. The summed E-state index contributed by atoms with van der Waals surface area (Å²) < 4.78 is 0. The highest BCUT2D eigenvalue weighted by molar-refractivity contribution is 5.00. The van der Waals surface area contributed by atoms with Gasteiger partial charge < -0.3 is 5.73 Å². The molecule has 0 fully saturated rings. The summed E-state index contributed by atoms with van der Waals surface area (Å²) >= 11 is 0. The van der Waals surface area contributed by atoms with Crippen LogP contribution in [0.1, 0.15) is 20.3 Å². The van der Waals surface area contributed by atoms with Crippen molar-refractivity contribution in [2.45, 2.75) is 20.3 Å². The predicted octanol–water partition coefficient (Wildman–Crippen LogP) is 2.35. The van der Waals surface area contributed by atoms with E-state index in [-0.39, 0.29) is 0 Å². The third kappa shape index (κ3) is 4.79. The van der Waals surface area contributed by atoms with E-state index in [4.69, 9.17) is 5.73 Å². The highest BCUT2D eigenvalue weighted by atomic mass is 14.5. The van der Waals surface area contributed by atoms with Gasteiger partial charge in [0.05, 0.1) is 0 Å². The molecular formula is C10H19N. The summed E-state index contributed by atoms with van der Waals surface area (Å²) in [5.41, 5.74) is 5.45. The van der Waals surface area contributed by atoms with Crippen molar-refractivity contribution < 1.29 is 0 Å². The second-order valence-electron chi connectivity index (χ2n) is 3.03. The van der Waals surface area contributed by atoms with Gasteiger partial charge in [0, 0.05) is 0 Å². The highest BCUT2D eigenvalue weighted by Crippen LogP contribution is 2.15. The third-order valence-electron chi connectivity index (χ3n) is 2.07. The number of rotatable bonds is 5. The lowest BCUT2D eigenvalue weighted by Crippen LogP contribution is -2.11. The number of hydrogen-bond acceptors (Lipinski definition) is 1. The quantitative estimate of drug-likeness (QED) is 0.603. The van der Waals surface area contributed by atoms with E-state index < -0.39 is 0 Å². The number of nitrogens with two attached hydrogens (primary N) is 1. The van der Waals surface area contributed by atoms with Gasteiger partial charge in [0.2, 0.25) is 0 Å². The molecule has 1 heteroatoms. The molecule has 0 aromatic carbocycles. The average Bonchev–Trinajstić information content (AvgIpc) is 2.00. The number of allylic oxidation sites excluding steroid dienone is 3. The lowest BCUT2D eigenvalue weighted by Gasteiger charge is -2.14. The van der Waals surface area contributed by atoms with Gasteiger partial charge in [0.25, 0.3) is 0 Å². The summed E-state index contributed by atoms with van der Waals surface area (Å²) in [6.45, 7) is 8.85. The molecule has 11 heavy (non-hydrogen) atoms. The second kappa shape index (κ2) is 6.17. The minimum Gasteiger partial charge on any atom is -0.330 e. The molecule has 0 aliphatic heterocycles. The fourth-order valence-corrected chi connectivity index (χ4v) is 0.969. The minimum absolute atomic E-state index is 0.608. The van der Waals surface area contributed by atoms with Crippen molar-refractivity contribution >= 4 is 0 Å². The molecular weight excluding hydrogens is 134 g/mol. The van der Waals surface area contributed by atoms with Crippen LogP contribution < -0.4 is 5.73 Å². The van der Waals surface area contributed by atoms with Gasteiger partial charge in [0.1, 0.15) is 0 Å². The normalized spacial score (nSPS) is 16.6. The van der Waals surface area contributed by atoms with Gasteiger partial charge in [-0.3, -0.25) is 0 Å². The lowest BCUT2D eigenvalue weighted by molar-refractivity contribution is 0.434. The first-order chi connectivity index (χ1) is 5.22. The second-order valence-corrected chi connectivity index (χ2v) is 3.03. The molecule has 0 aliphatic rings. The molecule has 0 heterocycles. The summed E-state index contributed by atoms with van der Waals surface area (Å²) in [6, 6.07) is 0. The van der Waals surface area contributed by atoms with Crippen LogP contribution in [0.25, 0.3) is 0 Å². The molecule has 2 N–H and O–H groups in total. The van der Waals surface area contributed by atoms with Gasteiger partial charge in [-0.05, 0) is 24.8 Å². The van der Waals surface area contributed by atoms with Gasteiger partial charge in [-0.15, -0.1) is 0 Å². The third-order valence-corrected chi connectivity index (χ3v) is 2.07. The van der Waals surface area contributed by atoms with E-state index in [1.165, 1.54) is 0 Å². The van der Waals surface area contributed by atoms with Crippen LogP contribution in [0.15, 0.2) is 24.8 Å². The van der Waals surface area contributed by atoms with E-state index in [9.17, 15) is 0 Å². The number of hydrogen-bond donors (Lipinski definition) is 1. The van der Waals surface area contributed by atoms with Gasteiger partial charge in [-0.2, -0.15) is 0 Å². The van der Waals surface area contributed by atoms with E-state index in [0.717, 1.165) is 13.0 Å². The molecule has 0 bridgehead atoms. The Hall–Kier alpha value is -0.560. The fourth-order valence-electron chi connectivity index (χ4n) is 0.969. The van der Waals surface area contributed by atoms with E-state index in [0.29, 0.717) is 11.8 Å². The Morgan fingerprint density at radius 1 is 1.45 bits per heavy atom. The van der Waals surface area contributed by atoms with Gasteiger partial charge in [-0.25, -0.2) is 0 Å². The highest BCUT2D eigenvalue weighted by Gasteiger charge is 2.06. The van der Waals surface area contributed by atoms with E-state index >= 15 is 0 Å². The first-order valence-electron chi connectivity index (χ1n) is 4.21. The maximum absolute atomic E-state index is 5.45. The molecule has 2 unspecified atom stereocenters. The van der Waals surface area contributed by atoms with Gasteiger partial charge >= 0.3 is 0 Å². The van der Waals surface area contributed by atoms with E-state index in [1.807, 2.05) is 12.2 Å². The maximum Gasteiger partial charge on any atom is -0.00745 e. The molecule has 0 saturated heterocycles. The Morgan fingerprint density at radius 2 is 2.09 bits per heavy atom. The molecule has 64 valence electrons. The molecule has 0 radical (unpaired) electrons. The zero-order chi connectivity index (χ0) is 8.69. The standard InChI is InChI=1S/C10H19N/c1-4-5-6-9(2)10(3)7-8-11/h4-6,9-10H,1,7-8,11H2,2-3H3. The maximum atomic E-state index is 5.45. The van der Waals surface area contributed by atoms with Gasteiger partial charge in [-0.1, -0.05) is 38.7 Å². The first-order valence-corrected chi connectivity index (χ1v) is 4.21. The van der Waals surface area contributed by atoms with Crippen molar-refractivity contribution in [3.63, 3.8) is 0 Å². The Labute approximate surface area is 70.0 Å². The van der Waals surface area contributed by atoms with Crippen LogP contribution in [0, 0.1) is 11.8 Å². The van der Waals surface area contributed by atoms with Crippen molar-refractivity contribution in [3.8, 4) is 0 Å². The smallest absolute Gasteiger partial charge is 0.00745 e. The molecule has 0 spiro atoms. The van der Waals surface area contributed by atoms with Crippen LogP contribution in [0.4, 0.5) is 0 Å². The van der Waals surface area contributed by atoms with E-state index in [1.54, 1.807) is 0 Å². The van der Waals surface area contributed by atoms with Crippen molar-refractivity contribution in [2.75, 3.05) is 6.54 Å². The largest absolute Gasteiger partial charge is 0.330 e. The van der Waals surface area contributed by atoms with Crippen LogP contribution in [0.2, 0.25) is 0 Å². The Kier molecular flexibility index (Phi) is 5.86. The van der Waals surface area contributed by atoms with E-state index in [2.05, 4.69) is 26.5 Å². The Balaban J connectivity index is 3.71. The molecule has 0 rings (SSSR count). The summed E-state index contributed by atoms with van der Waals surface area (Å²) in [6.07, 6.45) is 7.08. The van der Waals surface area contributed by atoms with Crippen molar-refractivity contribution in [2.24, 2.45) is 17.6 Å². The molecule has 0 aromatic rings. The lowest BCUT2D eigenvalue weighted by atomic mass is 9.92. The van der Waals surface area contributed by atoms with Crippen LogP contribution >= 0.6 is 0 Å². The zero-order valence-corrected chi connectivity index (χ0v) is 7.59. The SMILES string of the molecule is C=CC=CC(C)C(C)CCN. The first kappa shape index (κ1) is 10.4. The van der Waals surface area contributed by atoms with Crippen molar-refractivity contribution in [1.29, 1.82) is 0 Å². The summed E-state index contributed by atoms with van der Waals surface area (Å²) in [4.78, 5) is 0. The molecule has 0 saturated carbocycles. The minimum atomic E-state index is 0.608. The average molecular weight is 153 g/mol. The van der Waals surface area contributed by atoms with Crippen LogP contribution in [-0.2, 0) is 0 Å². The van der Waals surface area contributed by atoms with Crippen molar-refractivity contribution in [3.05, 3.63) is 24.8 Å². The molecule has 0 aliphatic carbocycles.